The van der Waals surface area contributed by atoms with E-state index in [4.69, 9.17) is 5.73 Å². The summed E-state index contributed by atoms with van der Waals surface area (Å²) in [6, 6.07) is 3.69. The molecule has 1 aromatic rings. The van der Waals surface area contributed by atoms with Gasteiger partial charge in [-0.2, -0.15) is 0 Å². The van der Waals surface area contributed by atoms with Crippen LogP contribution in [-0.2, 0) is 20.8 Å². The van der Waals surface area contributed by atoms with Crippen LogP contribution in [0.2, 0.25) is 0 Å². The van der Waals surface area contributed by atoms with Crippen molar-refractivity contribution >= 4 is 26.5 Å². The minimum Gasteiger partial charge on any atom is -0.398 e. The normalized spacial score (nSPS) is 13.4. The minimum absolute atomic E-state index is 0.0929. The third kappa shape index (κ3) is 4.04. The van der Waals surface area contributed by atoms with E-state index in [1.807, 2.05) is 0 Å². The van der Waals surface area contributed by atoms with E-state index >= 15 is 0 Å². The molecule has 0 aliphatic rings. The molecule has 0 aliphatic carbocycles. The lowest BCUT2D eigenvalue weighted by molar-refractivity contribution is 0.558. The summed E-state index contributed by atoms with van der Waals surface area (Å²) in [5.41, 5.74) is 5.31. The summed E-state index contributed by atoms with van der Waals surface area (Å²) in [6.45, 7) is 0.0929. The van der Waals surface area contributed by atoms with Crippen LogP contribution in [0.1, 0.15) is 6.42 Å². The second kappa shape index (κ2) is 6.26. The number of hydrogen-bond acceptors (Lipinski definition) is 4. The van der Waals surface area contributed by atoms with Gasteiger partial charge in [-0.05, 0) is 18.6 Å². The van der Waals surface area contributed by atoms with Crippen LogP contribution in [0.25, 0.3) is 0 Å². The molecule has 0 radical (unpaired) electrons. The summed E-state index contributed by atoms with van der Waals surface area (Å²) in [6.07, 6.45) is 1.94. The Hall–Kier alpha value is -0.990. The van der Waals surface area contributed by atoms with Gasteiger partial charge in [0, 0.05) is 29.4 Å². The number of benzene rings is 1. The Morgan fingerprint density at radius 3 is 2.67 bits per heavy atom. The van der Waals surface area contributed by atoms with Gasteiger partial charge in [-0.3, -0.25) is 4.21 Å². The molecule has 0 saturated carbocycles. The maximum Gasteiger partial charge on any atom is 0.245 e. The van der Waals surface area contributed by atoms with Gasteiger partial charge in [0.25, 0.3) is 0 Å². The van der Waals surface area contributed by atoms with Gasteiger partial charge in [0.2, 0.25) is 10.0 Å². The summed E-state index contributed by atoms with van der Waals surface area (Å²) in [7, 11) is -4.95. The molecular formula is C10H15FN2O3S2. The predicted octanol–water partition coefficient (Wildman–Crippen LogP) is 0.455. The summed E-state index contributed by atoms with van der Waals surface area (Å²) in [4.78, 5) is -0.539. The lowest BCUT2D eigenvalue weighted by Gasteiger charge is -2.09. The number of rotatable bonds is 6. The summed E-state index contributed by atoms with van der Waals surface area (Å²) in [5.74, 6) is -0.503. The molecule has 0 heterocycles. The smallest absolute Gasteiger partial charge is 0.245 e. The zero-order chi connectivity index (χ0) is 13.8. The highest BCUT2D eigenvalue weighted by molar-refractivity contribution is 7.89. The van der Waals surface area contributed by atoms with E-state index in [-0.39, 0.29) is 12.2 Å². The van der Waals surface area contributed by atoms with Gasteiger partial charge in [-0.25, -0.2) is 17.5 Å². The van der Waals surface area contributed by atoms with E-state index in [9.17, 15) is 17.0 Å². The quantitative estimate of drug-likeness (QED) is 0.589. The van der Waals surface area contributed by atoms with E-state index in [1.54, 1.807) is 0 Å². The van der Waals surface area contributed by atoms with E-state index in [0.717, 1.165) is 6.07 Å². The van der Waals surface area contributed by atoms with Crippen LogP contribution < -0.4 is 10.5 Å². The first-order valence-electron chi connectivity index (χ1n) is 5.18. The van der Waals surface area contributed by atoms with E-state index in [2.05, 4.69) is 4.72 Å². The van der Waals surface area contributed by atoms with Crippen LogP contribution >= 0.6 is 0 Å². The molecule has 0 fully saturated rings. The number of nitrogens with one attached hydrogen (secondary N) is 1. The van der Waals surface area contributed by atoms with E-state index in [1.165, 1.54) is 18.4 Å². The van der Waals surface area contributed by atoms with Crippen LogP contribution in [0.4, 0.5) is 10.1 Å². The molecule has 18 heavy (non-hydrogen) atoms. The molecule has 3 N–H and O–H groups in total. The summed E-state index contributed by atoms with van der Waals surface area (Å²) >= 11 is 0. The van der Waals surface area contributed by atoms with Crippen molar-refractivity contribution in [1.82, 2.24) is 4.72 Å². The monoisotopic (exact) mass is 294 g/mol. The van der Waals surface area contributed by atoms with Crippen LogP contribution in [0.5, 0.6) is 0 Å². The highest BCUT2D eigenvalue weighted by atomic mass is 32.2. The highest BCUT2D eigenvalue weighted by Crippen LogP contribution is 2.21. The number of nitrogen functional groups attached to an aromatic ring is 1. The third-order valence-electron chi connectivity index (χ3n) is 2.17. The molecule has 0 aliphatic heterocycles. The molecule has 0 bridgehead atoms. The molecule has 1 rings (SSSR count). The molecule has 0 amide bonds. The minimum atomic E-state index is -3.97. The summed E-state index contributed by atoms with van der Waals surface area (Å²) < 4.78 is 50.1. The van der Waals surface area contributed by atoms with Gasteiger partial charge in [-0.1, -0.05) is 6.07 Å². The van der Waals surface area contributed by atoms with Crippen molar-refractivity contribution < 1.29 is 17.0 Å². The molecule has 1 atom stereocenters. The molecular weight excluding hydrogens is 279 g/mol. The standard InChI is InChI=1S/C10H15FN2O3S2/c1-17(14)7-3-6-13-18(15,16)10-8(11)4-2-5-9(10)12/h2,4-5,13H,3,6-7,12H2,1H3. The first-order valence-corrected chi connectivity index (χ1v) is 8.39. The van der Waals surface area contributed by atoms with Crippen LogP contribution in [-0.4, -0.2) is 31.2 Å². The number of anilines is 1. The fraction of sp³-hybridized carbons (Fsp3) is 0.400. The molecule has 8 heteroatoms. The van der Waals surface area contributed by atoms with Crippen molar-refractivity contribution in [3.8, 4) is 0 Å². The van der Waals surface area contributed by atoms with Gasteiger partial charge in [0.1, 0.15) is 10.7 Å². The van der Waals surface area contributed by atoms with Gasteiger partial charge >= 0.3 is 0 Å². The average molecular weight is 294 g/mol. The SMILES string of the molecule is CS(=O)CCCNS(=O)(=O)c1c(N)cccc1F. The topological polar surface area (TPSA) is 89.3 Å². The van der Waals surface area contributed by atoms with Gasteiger partial charge in [0.05, 0.1) is 5.69 Å². The molecule has 0 saturated heterocycles. The van der Waals surface area contributed by atoms with Crippen molar-refractivity contribution in [1.29, 1.82) is 0 Å². The maximum atomic E-state index is 13.4. The molecule has 102 valence electrons. The largest absolute Gasteiger partial charge is 0.398 e. The van der Waals surface area contributed by atoms with Gasteiger partial charge in [-0.15, -0.1) is 0 Å². The zero-order valence-corrected chi connectivity index (χ0v) is 11.5. The van der Waals surface area contributed by atoms with Crippen molar-refractivity contribution in [3.63, 3.8) is 0 Å². The molecule has 5 nitrogen and oxygen atoms in total. The highest BCUT2D eigenvalue weighted by Gasteiger charge is 2.21. The third-order valence-corrected chi connectivity index (χ3v) is 4.58. The zero-order valence-electron chi connectivity index (χ0n) is 9.85. The second-order valence-electron chi connectivity index (χ2n) is 3.69. The second-order valence-corrected chi connectivity index (χ2v) is 6.95. The van der Waals surface area contributed by atoms with Crippen LogP contribution in [0, 0.1) is 5.82 Å². The first kappa shape index (κ1) is 15.1. The summed E-state index contributed by atoms with van der Waals surface area (Å²) in [5, 5.41) is 0. The van der Waals surface area contributed by atoms with Crippen molar-refractivity contribution in [2.45, 2.75) is 11.3 Å². The average Bonchev–Trinajstić information content (AvgIpc) is 2.23. The Morgan fingerprint density at radius 2 is 2.11 bits per heavy atom. The number of halogens is 1. The Morgan fingerprint density at radius 1 is 1.44 bits per heavy atom. The molecule has 1 aromatic carbocycles. The first-order chi connectivity index (χ1) is 8.34. The molecule has 0 aromatic heterocycles. The van der Waals surface area contributed by atoms with Crippen molar-refractivity contribution in [2.24, 2.45) is 0 Å². The Bertz CT molecular complexity index is 526. The fourth-order valence-electron chi connectivity index (χ4n) is 1.36. The van der Waals surface area contributed by atoms with E-state index < -0.39 is 31.5 Å². The van der Waals surface area contributed by atoms with Gasteiger partial charge in [0.15, 0.2) is 0 Å². The Labute approximate surface area is 108 Å². The maximum absolute atomic E-state index is 13.4. The van der Waals surface area contributed by atoms with Crippen molar-refractivity contribution in [2.75, 3.05) is 24.3 Å². The number of nitrogens with two attached hydrogens (primary N) is 1. The number of sulfonamides is 1. The fourth-order valence-corrected chi connectivity index (χ4v) is 3.17. The van der Waals surface area contributed by atoms with Crippen molar-refractivity contribution in [3.05, 3.63) is 24.0 Å². The predicted molar refractivity (Wildman–Crippen MR) is 69.6 cm³/mol. The van der Waals surface area contributed by atoms with Crippen LogP contribution in [0.15, 0.2) is 23.1 Å². The Kier molecular flexibility index (Phi) is 5.24. The molecule has 1 unspecified atom stereocenters. The number of hydrogen-bond donors (Lipinski definition) is 2. The van der Waals surface area contributed by atoms with Gasteiger partial charge < -0.3 is 5.73 Å². The lowest BCUT2D eigenvalue weighted by atomic mass is 10.3. The van der Waals surface area contributed by atoms with Crippen LogP contribution in [0.3, 0.4) is 0 Å². The molecule has 0 spiro atoms. The van der Waals surface area contributed by atoms with E-state index in [0.29, 0.717) is 12.2 Å². The Balaban J connectivity index is 2.78. The lowest BCUT2D eigenvalue weighted by Crippen LogP contribution is -2.27.